The highest BCUT2D eigenvalue weighted by Gasteiger charge is 2.65. The Balaban J connectivity index is 1.51. The lowest BCUT2D eigenvalue weighted by molar-refractivity contribution is -0.255. The van der Waals surface area contributed by atoms with E-state index >= 15 is 0 Å². The second-order valence-electron chi connectivity index (χ2n) is 15.2. The molecule has 11 nitrogen and oxygen atoms in total. The first-order chi connectivity index (χ1) is 27.9. The Kier molecular flexibility index (Phi) is 14.8. The minimum absolute atomic E-state index is 0.0965. The van der Waals surface area contributed by atoms with E-state index < -0.39 is 23.8 Å². The van der Waals surface area contributed by atoms with Crippen LogP contribution in [-0.4, -0.2) is 77.2 Å². The topological polar surface area (TPSA) is 132 Å². The molecule has 6 rings (SSSR count). The van der Waals surface area contributed by atoms with E-state index in [0.29, 0.717) is 50.3 Å². The number of carbonyl (C=O) groups is 1. The van der Waals surface area contributed by atoms with Gasteiger partial charge in [-0.05, 0) is 92.3 Å². The number of aliphatic hydroxyl groups excluding tert-OH is 2. The SMILES string of the molecule is C=CCOC12Oc3ccc(OCc4cccc(C)n4)cc3C3C(CCCCO)C(CCCCO)C=C(C(=NOC)CC1N(CCC)C(=O)OCc1ccccc1)C32. The minimum atomic E-state index is -1.36. The fourth-order valence-corrected chi connectivity index (χ4v) is 9.10. The summed E-state index contributed by atoms with van der Waals surface area (Å²) in [6, 6.07) is 20.9. The van der Waals surface area contributed by atoms with Crippen molar-refractivity contribution in [2.24, 2.45) is 22.9 Å². The molecule has 1 fully saturated rings. The molecule has 0 bridgehead atoms. The van der Waals surface area contributed by atoms with Crippen molar-refractivity contribution in [3.05, 3.63) is 114 Å². The van der Waals surface area contributed by atoms with Gasteiger partial charge in [0.25, 0.3) is 0 Å². The maximum atomic E-state index is 14.4. The first kappa shape index (κ1) is 41.9. The number of unbranched alkanes of at least 4 members (excludes halogenated alkanes) is 2. The number of pyridine rings is 1. The van der Waals surface area contributed by atoms with Crippen molar-refractivity contribution in [3.63, 3.8) is 0 Å². The molecule has 3 aromatic rings. The zero-order valence-corrected chi connectivity index (χ0v) is 33.7. The number of nitrogens with zero attached hydrogens (tertiary/aromatic N) is 3. The standard InChI is InChI=1S/C46H59N3O8/c1-5-23-49(45(52)55-30-33-16-8-7-9-17-33)42-29-40(48-53-4)38-27-34(18-10-12-24-50)37(20-11-13-25-51)43-39-28-36(54-31-35-19-14-15-32(3)47-35)21-22-41(39)57-46(42,44(38)43)56-26-6-2/h6-9,14-17,19,21-22,27-28,34,37,42-44,50-51H,2,5,10-13,18,20,23-26,29-31H2,1,3-4H3. The summed E-state index contributed by atoms with van der Waals surface area (Å²) >= 11 is 0. The van der Waals surface area contributed by atoms with E-state index in [1.165, 1.54) is 0 Å². The van der Waals surface area contributed by atoms with Crippen molar-refractivity contribution in [2.45, 2.75) is 96.2 Å². The van der Waals surface area contributed by atoms with Gasteiger partial charge in [-0.25, -0.2) is 4.79 Å². The molecule has 3 aliphatic rings. The Morgan fingerprint density at radius 3 is 2.54 bits per heavy atom. The third kappa shape index (κ3) is 9.54. The number of benzene rings is 2. The van der Waals surface area contributed by atoms with E-state index in [4.69, 9.17) is 23.8 Å². The van der Waals surface area contributed by atoms with Crippen LogP contribution in [0.15, 0.2) is 96.2 Å². The van der Waals surface area contributed by atoms with Gasteiger partial charge in [-0.1, -0.05) is 73.5 Å². The number of hydrogen-bond donors (Lipinski definition) is 2. The number of aliphatic hydroxyl groups is 2. The summed E-state index contributed by atoms with van der Waals surface area (Å²) in [6.07, 6.45) is 9.32. The highest BCUT2D eigenvalue weighted by Crippen LogP contribution is 2.62. The Bertz CT molecular complexity index is 1850. The highest BCUT2D eigenvalue weighted by molar-refractivity contribution is 6.02. The number of rotatable bonds is 20. The Hall–Kier alpha value is -4.71. The van der Waals surface area contributed by atoms with Crippen LogP contribution >= 0.6 is 0 Å². The van der Waals surface area contributed by atoms with Crippen LogP contribution in [-0.2, 0) is 27.5 Å². The van der Waals surface area contributed by atoms with Crippen LogP contribution in [0.5, 0.6) is 11.5 Å². The molecule has 0 saturated heterocycles. The van der Waals surface area contributed by atoms with Crippen LogP contribution in [0.4, 0.5) is 4.79 Å². The molecule has 1 aromatic heterocycles. The van der Waals surface area contributed by atoms with Gasteiger partial charge in [0.2, 0.25) is 5.79 Å². The first-order valence-electron chi connectivity index (χ1n) is 20.5. The molecule has 2 N–H and O–H groups in total. The van der Waals surface area contributed by atoms with Crippen molar-refractivity contribution < 1.29 is 38.8 Å². The Morgan fingerprint density at radius 2 is 1.82 bits per heavy atom. The van der Waals surface area contributed by atoms with Crippen LogP contribution in [0.25, 0.3) is 0 Å². The van der Waals surface area contributed by atoms with Gasteiger partial charge in [0, 0.05) is 43.4 Å². The summed E-state index contributed by atoms with van der Waals surface area (Å²) in [6.45, 7) is 9.26. The van der Waals surface area contributed by atoms with Gasteiger partial charge in [-0.15, -0.1) is 6.58 Å². The number of carbonyl (C=O) groups excluding carboxylic acids is 1. The van der Waals surface area contributed by atoms with Gasteiger partial charge in [-0.2, -0.15) is 0 Å². The zero-order valence-electron chi connectivity index (χ0n) is 33.7. The van der Waals surface area contributed by atoms with E-state index in [-0.39, 0.29) is 44.2 Å². The average molecular weight is 782 g/mol. The van der Waals surface area contributed by atoms with Gasteiger partial charge in [0.1, 0.15) is 37.9 Å². The lowest BCUT2D eigenvalue weighted by atomic mass is 9.55. The van der Waals surface area contributed by atoms with Gasteiger partial charge in [-0.3, -0.25) is 9.88 Å². The lowest BCUT2D eigenvalue weighted by Crippen LogP contribution is -2.70. The smallest absolute Gasteiger partial charge is 0.410 e. The van der Waals surface area contributed by atoms with Crippen LogP contribution in [0.2, 0.25) is 0 Å². The molecule has 2 heterocycles. The maximum Gasteiger partial charge on any atom is 0.410 e. The minimum Gasteiger partial charge on any atom is -0.487 e. The lowest BCUT2D eigenvalue weighted by Gasteiger charge is -2.59. The molecule has 6 unspecified atom stereocenters. The maximum absolute atomic E-state index is 14.4. The molecule has 306 valence electrons. The third-order valence-electron chi connectivity index (χ3n) is 11.5. The monoisotopic (exact) mass is 781 g/mol. The molecule has 1 saturated carbocycles. The number of allylic oxidation sites excluding steroid dienone is 1. The van der Waals surface area contributed by atoms with E-state index in [2.05, 4.69) is 28.9 Å². The number of hydrogen-bond acceptors (Lipinski definition) is 10. The largest absolute Gasteiger partial charge is 0.487 e. The normalized spacial score (nSPS) is 24.1. The van der Waals surface area contributed by atoms with E-state index in [1.54, 1.807) is 18.1 Å². The molecule has 2 aromatic carbocycles. The summed E-state index contributed by atoms with van der Waals surface area (Å²) in [5.41, 5.74) is 5.35. The molecule has 57 heavy (non-hydrogen) atoms. The molecule has 1 amide bonds. The predicted molar refractivity (Wildman–Crippen MR) is 219 cm³/mol. The van der Waals surface area contributed by atoms with Gasteiger partial charge in [0.15, 0.2) is 0 Å². The number of ether oxygens (including phenoxy) is 4. The highest BCUT2D eigenvalue weighted by atomic mass is 16.7. The fourth-order valence-electron chi connectivity index (χ4n) is 9.10. The number of amides is 1. The second kappa shape index (κ2) is 20.1. The molecule has 2 aliphatic carbocycles. The van der Waals surface area contributed by atoms with Crippen LogP contribution in [0.3, 0.4) is 0 Å². The second-order valence-corrected chi connectivity index (χ2v) is 15.2. The first-order valence-corrected chi connectivity index (χ1v) is 20.5. The van der Waals surface area contributed by atoms with Gasteiger partial charge in [0.05, 0.1) is 23.9 Å². The molecular weight excluding hydrogens is 723 g/mol. The predicted octanol–water partition coefficient (Wildman–Crippen LogP) is 8.28. The van der Waals surface area contributed by atoms with Crippen molar-refractivity contribution in [1.29, 1.82) is 0 Å². The Morgan fingerprint density at radius 1 is 1.04 bits per heavy atom. The number of aromatic nitrogens is 1. The molecule has 0 spiro atoms. The molecule has 6 atom stereocenters. The van der Waals surface area contributed by atoms with Crippen molar-refractivity contribution >= 4 is 11.8 Å². The third-order valence-corrected chi connectivity index (χ3v) is 11.5. The summed E-state index contributed by atoms with van der Waals surface area (Å²) in [5.74, 6) is -0.361. The van der Waals surface area contributed by atoms with E-state index in [9.17, 15) is 15.0 Å². The number of aryl methyl sites for hydroxylation is 1. The average Bonchev–Trinajstić information content (AvgIpc) is 3.22. The van der Waals surface area contributed by atoms with Crippen molar-refractivity contribution in [1.82, 2.24) is 9.88 Å². The Labute approximate surface area is 337 Å². The molecular formula is C46H59N3O8. The van der Waals surface area contributed by atoms with Crippen LogP contribution in [0.1, 0.15) is 86.7 Å². The fraction of sp³-hybridized carbons (Fsp3) is 0.500. The molecule has 11 heteroatoms. The number of fused-ring (bicyclic) bond motifs is 2. The van der Waals surface area contributed by atoms with Crippen LogP contribution in [0, 0.1) is 24.7 Å². The summed E-state index contributed by atoms with van der Waals surface area (Å²) in [7, 11) is 1.55. The van der Waals surface area contributed by atoms with Crippen molar-refractivity contribution in [2.75, 3.05) is 33.5 Å². The summed E-state index contributed by atoms with van der Waals surface area (Å²) < 4.78 is 26.7. The van der Waals surface area contributed by atoms with Gasteiger partial charge < -0.3 is 34.0 Å². The van der Waals surface area contributed by atoms with Crippen molar-refractivity contribution in [3.8, 4) is 11.5 Å². The molecule has 0 radical (unpaired) electrons. The number of oxime groups is 1. The van der Waals surface area contributed by atoms with E-state index in [0.717, 1.165) is 59.5 Å². The summed E-state index contributed by atoms with van der Waals surface area (Å²) in [5, 5.41) is 24.4. The summed E-state index contributed by atoms with van der Waals surface area (Å²) in [4.78, 5) is 26.3. The molecule has 1 aliphatic heterocycles. The zero-order chi connectivity index (χ0) is 40.2. The van der Waals surface area contributed by atoms with E-state index in [1.807, 2.05) is 74.5 Å². The quantitative estimate of drug-likeness (QED) is 0.0661. The van der Waals surface area contributed by atoms with Crippen LogP contribution < -0.4 is 9.47 Å². The van der Waals surface area contributed by atoms with Gasteiger partial charge >= 0.3 is 6.09 Å².